The Morgan fingerprint density at radius 1 is 1.43 bits per heavy atom. The second kappa shape index (κ2) is 3.77. The molecule has 0 unspecified atom stereocenters. The summed E-state index contributed by atoms with van der Waals surface area (Å²) in [6.07, 6.45) is -0.965. The first kappa shape index (κ1) is 11.9. The number of hydrogen-bond acceptors (Lipinski definition) is 4. The topological polar surface area (TPSA) is 47.9 Å². The van der Waals surface area contributed by atoms with Crippen molar-refractivity contribution in [2.45, 2.75) is 45.9 Å². The van der Waals surface area contributed by atoms with Crippen molar-refractivity contribution in [3.63, 3.8) is 0 Å². The second-order valence-corrected chi connectivity index (χ2v) is 5.07. The summed E-state index contributed by atoms with van der Waals surface area (Å²) >= 11 is 0. The van der Waals surface area contributed by atoms with E-state index >= 15 is 0 Å². The molecule has 1 aliphatic heterocycles. The van der Waals surface area contributed by atoms with E-state index in [1.807, 2.05) is 20.8 Å². The molecule has 14 heavy (non-hydrogen) atoms. The van der Waals surface area contributed by atoms with Gasteiger partial charge in [-0.15, -0.1) is 0 Å². The zero-order valence-electron chi connectivity index (χ0n) is 9.53. The van der Waals surface area contributed by atoms with Crippen molar-refractivity contribution in [2.75, 3.05) is 13.7 Å². The minimum Gasteiger partial charge on any atom is -0.382 e. The van der Waals surface area contributed by atoms with Crippen molar-refractivity contribution in [1.29, 1.82) is 0 Å². The van der Waals surface area contributed by atoms with Gasteiger partial charge in [-0.05, 0) is 6.92 Å². The molecule has 0 aromatic carbocycles. The Morgan fingerprint density at radius 3 is 2.43 bits per heavy atom. The molecule has 1 fully saturated rings. The van der Waals surface area contributed by atoms with Crippen molar-refractivity contribution in [3.8, 4) is 0 Å². The quantitative estimate of drug-likeness (QED) is 0.695. The SMILES string of the molecule is CO[C@@H]1O[C@H](C(C)(C)C)OC[C@@]1(C)O. The highest BCUT2D eigenvalue weighted by Gasteiger charge is 2.44. The van der Waals surface area contributed by atoms with Gasteiger partial charge in [-0.2, -0.15) is 0 Å². The Labute approximate surface area is 85.2 Å². The molecule has 0 aromatic rings. The average Bonchev–Trinajstić information content (AvgIpc) is 2.01. The fraction of sp³-hybridized carbons (Fsp3) is 1.00. The molecule has 1 heterocycles. The highest BCUT2D eigenvalue weighted by atomic mass is 16.8. The Kier molecular flexibility index (Phi) is 3.21. The van der Waals surface area contributed by atoms with E-state index in [-0.39, 0.29) is 18.3 Å². The molecule has 1 N–H and O–H groups in total. The van der Waals surface area contributed by atoms with E-state index in [2.05, 4.69) is 0 Å². The maximum Gasteiger partial charge on any atom is 0.190 e. The lowest BCUT2D eigenvalue weighted by atomic mass is 9.94. The zero-order valence-corrected chi connectivity index (χ0v) is 9.53. The fourth-order valence-corrected chi connectivity index (χ4v) is 1.37. The second-order valence-electron chi connectivity index (χ2n) is 5.07. The number of methoxy groups -OCH3 is 1. The van der Waals surface area contributed by atoms with E-state index in [1.165, 1.54) is 7.11 Å². The summed E-state index contributed by atoms with van der Waals surface area (Å²) < 4.78 is 16.0. The van der Waals surface area contributed by atoms with E-state index in [1.54, 1.807) is 6.92 Å². The van der Waals surface area contributed by atoms with E-state index in [0.29, 0.717) is 0 Å². The highest BCUT2D eigenvalue weighted by Crippen LogP contribution is 2.32. The smallest absolute Gasteiger partial charge is 0.190 e. The molecule has 1 saturated heterocycles. The standard InChI is InChI=1S/C10H20O4/c1-9(2,3)7-13-6-10(4,11)8(12-5)14-7/h7-8,11H,6H2,1-5H3/t7-,8-,10-/m1/s1. The number of aliphatic hydroxyl groups is 1. The van der Waals surface area contributed by atoms with E-state index < -0.39 is 11.9 Å². The highest BCUT2D eigenvalue weighted by molar-refractivity contribution is 4.83. The molecule has 4 nitrogen and oxygen atoms in total. The fourth-order valence-electron chi connectivity index (χ4n) is 1.37. The van der Waals surface area contributed by atoms with Crippen LogP contribution in [0.1, 0.15) is 27.7 Å². The monoisotopic (exact) mass is 204 g/mol. The van der Waals surface area contributed by atoms with Crippen molar-refractivity contribution >= 4 is 0 Å². The van der Waals surface area contributed by atoms with Crippen LogP contribution in [0.5, 0.6) is 0 Å². The van der Waals surface area contributed by atoms with E-state index in [4.69, 9.17) is 14.2 Å². The molecular weight excluding hydrogens is 184 g/mol. The van der Waals surface area contributed by atoms with Crippen LogP contribution in [-0.4, -0.2) is 37.0 Å². The molecule has 0 bridgehead atoms. The Bertz CT molecular complexity index is 195. The van der Waals surface area contributed by atoms with Gasteiger partial charge in [0.25, 0.3) is 0 Å². The third kappa shape index (κ3) is 2.45. The minimum absolute atomic E-state index is 0.118. The largest absolute Gasteiger partial charge is 0.382 e. The van der Waals surface area contributed by atoms with Gasteiger partial charge in [0.2, 0.25) is 0 Å². The van der Waals surface area contributed by atoms with Crippen molar-refractivity contribution in [3.05, 3.63) is 0 Å². The summed E-state index contributed by atoms with van der Waals surface area (Å²) in [6, 6.07) is 0. The van der Waals surface area contributed by atoms with Gasteiger partial charge in [0.05, 0.1) is 6.61 Å². The van der Waals surface area contributed by atoms with Crippen LogP contribution in [-0.2, 0) is 14.2 Å². The lowest BCUT2D eigenvalue weighted by Crippen LogP contribution is -2.56. The van der Waals surface area contributed by atoms with Gasteiger partial charge in [0.1, 0.15) is 5.60 Å². The predicted molar refractivity (Wildman–Crippen MR) is 51.7 cm³/mol. The van der Waals surface area contributed by atoms with Crippen molar-refractivity contribution in [1.82, 2.24) is 0 Å². The molecular formula is C10H20O4. The summed E-state index contributed by atoms with van der Waals surface area (Å²) in [6.45, 7) is 7.92. The molecule has 1 rings (SSSR count). The molecule has 0 amide bonds. The molecule has 0 radical (unpaired) electrons. The van der Waals surface area contributed by atoms with Gasteiger partial charge in [-0.3, -0.25) is 0 Å². The number of ether oxygens (including phenoxy) is 3. The Balaban J connectivity index is 2.67. The predicted octanol–water partition coefficient (Wildman–Crippen LogP) is 1.13. The van der Waals surface area contributed by atoms with Crippen LogP contribution >= 0.6 is 0 Å². The summed E-state index contributed by atoms with van der Waals surface area (Å²) in [5.74, 6) is 0. The van der Waals surface area contributed by atoms with E-state index in [9.17, 15) is 5.11 Å². The normalized spacial score (nSPS) is 39.9. The molecule has 84 valence electrons. The van der Waals surface area contributed by atoms with Crippen LogP contribution < -0.4 is 0 Å². The maximum absolute atomic E-state index is 9.84. The number of hydrogen-bond donors (Lipinski definition) is 1. The van der Waals surface area contributed by atoms with Gasteiger partial charge in [0.15, 0.2) is 12.6 Å². The first-order chi connectivity index (χ1) is 6.27. The average molecular weight is 204 g/mol. The van der Waals surface area contributed by atoms with E-state index in [0.717, 1.165) is 0 Å². The van der Waals surface area contributed by atoms with Gasteiger partial charge >= 0.3 is 0 Å². The third-order valence-electron chi connectivity index (χ3n) is 2.20. The molecule has 0 spiro atoms. The zero-order chi connectivity index (χ0) is 11.0. The van der Waals surface area contributed by atoms with Gasteiger partial charge in [0, 0.05) is 12.5 Å². The van der Waals surface area contributed by atoms with Gasteiger partial charge in [-0.1, -0.05) is 20.8 Å². The van der Waals surface area contributed by atoms with Crippen LogP contribution in [0.4, 0.5) is 0 Å². The van der Waals surface area contributed by atoms with Gasteiger partial charge < -0.3 is 19.3 Å². The first-order valence-corrected chi connectivity index (χ1v) is 4.79. The van der Waals surface area contributed by atoms with Crippen molar-refractivity contribution < 1.29 is 19.3 Å². The maximum atomic E-state index is 9.84. The molecule has 4 heteroatoms. The minimum atomic E-state index is -1.07. The summed E-state index contributed by atoms with van der Waals surface area (Å²) in [4.78, 5) is 0. The Hall–Kier alpha value is -0.160. The molecule has 0 aromatic heterocycles. The summed E-state index contributed by atoms with van der Waals surface area (Å²) in [5, 5.41) is 9.84. The lowest BCUT2D eigenvalue weighted by molar-refractivity contribution is -0.365. The third-order valence-corrected chi connectivity index (χ3v) is 2.20. The van der Waals surface area contributed by atoms with Gasteiger partial charge in [-0.25, -0.2) is 0 Å². The molecule has 0 aliphatic carbocycles. The van der Waals surface area contributed by atoms with Crippen LogP contribution in [0.2, 0.25) is 0 Å². The molecule has 0 saturated carbocycles. The van der Waals surface area contributed by atoms with Crippen LogP contribution in [0.15, 0.2) is 0 Å². The first-order valence-electron chi connectivity index (χ1n) is 4.79. The Morgan fingerprint density at radius 2 is 2.00 bits per heavy atom. The lowest BCUT2D eigenvalue weighted by Gasteiger charge is -2.43. The van der Waals surface area contributed by atoms with Crippen molar-refractivity contribution in [2.24, 2.45) is 5.41 Å². The number of rotatable bonds is 1. The molecule has 3 atom stereocenters. The molecule has 1 aliphatic rings. The van der Waals surface area contributed by atoms with Crippen LogP contribution in [0, 0.1) is 5.41 Å². The summed E-state index contributed by atoms with van der Waals surface area (Å²) in [7, 11) is 1.52. The van der Waals surface area contributed by atoms with Crippen LogP contribution in [0.3, 0.4) is 0 Å². The van der Waals surface area contributed by atoms with Crippen LogP contribution in [0.25, 0.3) is 0 Å². The summed E-state index contributed by atoms with van der Waals surface area (Å²) in [5.41, 5.74) is -1.19.